The van der Waals surface area contributed by atoms with Crippen molar-refractivity contribution < 1.29 is 5.11 Å². The summed E-state index contributed by atoms with van der Waals surface area (Å²) in [6, 6.07) is 7.65. The van der Waals surface area contributed by atoms with Crippen LogP contribution in [0.3, 0.4) is 0 Å². The van der Waals surface area contributed by atoms with Gasteiger partial charge in [0.2, 0.25) is 0 Å². The fourth-order valence-corrected chi connectivity index (χ4v) is 3.13. The molecule has 0 aliphatic carbocycles. The zero-order valence-electron chi connectivity index (χ0n) is 12.5. The maximum Gasteiger partial charge on any atom is 0.137 e. The van der Waals surface area contributed by atoms with E-state index in [0.717, 1.165) is 9.92 Å². The van der Waals surface area contributed by atoms with Crippen LogP contribution in [0.4, 0.5) is 0 Å². The van der Waals surface area contributed by atoms with E-state index in [4.69, 9.17) is 11.6 Å². The van der Waals surface area contributed by atoms with Crippen LogP contribution in [0.1, 0.15) is 20.8 Å². The Bertz CT molecular complexity index is 567. The van der Waals surface area contributed by atoms with Crippen molar-refractivity contribution in [3.05, 3.63) is 41.9 Å². The Balaban J connectivity index is 2.00. The van der Waals surface area contributed by atoms with Crippen molar-refractivity contribution in [2.75, 3.05) is 5.75 Å². The van der Waals surface area contributed by atoms with E-state index in [1.165, 1.54) is 6.33 Å². The monoisotopic (exact) mass is 325 g/mol. The van der Waals surface area contributed by atoms with Crippen molar-refractivity contribution in [2.45, 2.75) is 37.8 Å². The molecular weight excluding hydrogens is 306 g/mol. The summed E-state index contributed by atoms with van der Waals surface area (Å²) < 4.78 is 1.75. The van der Waals surface area contributed by atoms with Gasteiger partial charge in [0.15, 0.2) is 0 Å². The van der Waals surface area contributed by atoms with Gasteiger partial charge in [0.1, 0.15) is 12.7 Å². The number of hydrogen-bond donors (Lipinski definition) is 1. The molecule has 1 unspecified atom stereocenters. The summed E-state index contributed by atoms with van der Waals surface area (Å²) in [5.74, 6) is 0.594. The maximum absolute atomic E-state index is 10.8. The van der Waals surface area contributed by atoms with Crippen LogP contribution in [0, 0.1) is 5.41 Å². The molecule has 0 bridgehead atoms. The summed E-state index contributed by atoms with van der Waals surface area (Å²) in [5, 5.41) is 15.7. The Morgan fingerprint density at radius 2 is 1.90 bits per heavy atom. The lowest BCUT2D eigenvalue weighted by Gasteiger charge is -2.39. The highest BCUT2D eigenvalue weighted by molar-refractivity contribution is 7.99. The Morgan fingerprint density at radius 3 is 2.48 bits per heavy atom. The number of hydrogen-bond acceptors (Lipinski definition) is 4. The molecule has 114 valence electrons. The number of aromatic nitrogens is 3. The van der Waals surface area contributed by atoms with E-state index in [1.54, 1.807) is 22.8 Å². The third kappa shape index (κ3) is 4.22. The highest BCUT2D eigenvalue weighted by Gasteiger charge is 2.39. The van der Waals surface area contributed by atoms with Crippen molar-refractivity contribution in [2.24, 2.45) is 5.41 Å². The van der Waals surface area contributed by atoms with Gasteiger partial charge in [-0.15, -0.1) is 11.8 Å². The average molecular weight is 326 g/mol. The first-order chi connectivity index (χ1) is 9.80. The molecule has 1 N–H and O–H groups in total. The number of aliphatic hydroxyl groups is 1. The number of thioether (sulfide) groups is 1. The molecule has 0 fully saturated rings. The van der Waals surface area contributed by atoms with Gasteiger partial charge in [-0.2, -0.15) is 5.10 Å². The standard InChI is InChI=1S/C15H20ClN3OS/c1-14(2,8-19-11-17-10-18-19)15(3,20)9-21-13-6-4-12(16)5-7-13/h4-7,10-11,20H,8-9H2,1-3H3. The van der Waals surface area contributed by atoms with Crippen LogP contribution in [0.15, 0.2) is 41.8 Å². The lowest BCUT2D eigenvalue weighted by molar-refractivity contribution is -0.0414. The lowest BCUT2D eigenvalue weighted by Crippen LogP contribution is -2.46. The van der Waals surface area contributed by atoms with Crippen LogP contribution in [0.5, 0.6) is 0 Å². The second-order valence-electron chi connectivity index (χ2n) is 5.99. The molecule has 1 aromatic carbocycles. The third-order valence-corrected chi connectivity index (χ3v) is 5.38. The molecule has 2 rings (SSSR count). The minimum atomic E-state index is -0.844. The van der Waals surface area contributed by atoms with E-state index in [2.05, 4.69) is 10.1 Å². The molecule has 4 nitrogen and oxygen atoms in total. The lowest BCUT2D eigenvalue weighted by atomic mass is 9.77. The van der Waals surface area contributed by atoms with Crippen LogP contribution in [-0.4, -0.2) is 31.2 Å². The number of benzene rings is 1. The van der Waals surface area contributed by atoms with Gasteiger partial charge >= 0.3 is 0 Å². The van der Waals surface area contributed by atoms with Gasteiger partial charge < -0.3 is 5.11 Å². The molecule has 1 aromatic heterocycles. The largest absolute Gasteiger partial charge is 0.389 e. The van der Waals surface area contributed by atoms with Gasteiger partial charge in [-0.05, 0) is 31.2 Å². The van der Waals surface area contributed by atoms with Gasteiger partial charge in [-0.25, -0.2) is 4.98 Å². The summed E-state index contributed by atoms with van der Waals surface area (Å²) in [6.45, 7) is 6.56. The summed E-state index contributed by atoms with van der Waals surface area (Å²) in [6.07, 6.45) is 3.18. The predicted octanol–water partition coefficient (Wildman–Crippen LogP) is 3.50. The van der Waals surface area contributed by atoms with Crippen LogP contribution in [-0.2, 0) is 6.54 Å². The van der Waals surface area contributed by atoms with Crippen LogP contribution >= 0.6 is 23.4 Å². The van der Waals surface area contributed by atoms with E-state index < -0.39 is 5.60 Å². The molecule has 0 aliphatic heterocycles. The minimum Gasteiger partial charge on any atom is -0.389 e. The van der Waals surface area contributed by atoms with Gasteiger partial charge in [0.25, 0.3) is 0 Å². The first-order valence-electron chi connectivity index (χ1n) is 6.73. The van der Waals surface area contributed by atoms with Crippen molar-refractivity contribution in [3.63, 3.8) is 0 Å². The molecule has 1 atom stereocenters. The summed E-state index contributed by atoms with van der Waals surface area (Å²) in [5.41, 5.74) is -1.18. The van der Waals surface area contributed by atoms with E-state index >= 15 is 0 Å². The minimum absolute atomic E-state index is 0.333. The average Bonchev–Trinajstić information content (AvgIpc) is 2.90. The Kier molecular flexibility index (Phi) is 4.96. The van der Waals surface area contributed by atoms with Crippen LogP contribution < -0.4 is 0 Å². The molecular formula is C15H20ClN3OS. The first kappa shape index (κ1) is 16.3. The van der Waals surface area contributed by atoms with Gasteiger partial charge in [0, 0.05) is 21.1 Å². The molecule has 0 radical (unpaired) electrons. The topological polar surface area (TPSA) is 50.9 Å². The van der Waals surface area contributed by atoms with E-state index in [1.807, 2.05) is 45.0 Å². The smallest absolute Gasteiger partial charge is 0.137 e. The third-order valence-electron chi connectivity index (χ3n) is 3.82. The molecule has 1 heterocycles. The quantitative estimate of drug-likeness (QED) is 0.826. The Labute approximate surface area is 134 Å². The molecule has 6 heteroatoms. The highest BCUT2D eigenvalue weighted by atomic mass is 35.5. The molecule has 0 amide bonds. The molecule has 0 saturated heterocycles. The first-order valence-corrected chi connectivity index (χ1v) is 8.10. The number of nitrogens with zero attached hydrogens (tertiary/aromatic N) is 3. The summed E-state index contributed by atoms with van der Waals surface area (Å²) >= 11 is 7.50. The van der Waals surface area contributed by atoms with E-state index in [9.17, 15) is 5.11 Å². The number of halogens is 1. The van der Waals surface area contributed by atoms with Crippen LogP contribution in [0.25, 0.3) is 0 Å². The SMILES string of the molecule is CC(C)(Cn1cncn1)C(C)(O)CSc1ccc(Cl)cc1. The normalized spacial score (nSPS) is 14.9. The van der Waals surface area contributed by atoms with Crippen molar-refractivity contribution in [1.29, 1.82) is 0 Å². The van der Waals surface area contributed by atoms with Crippen molar-refractivity contribution >= 4 is 23.4 Å². The van der Waals surface area contributed by atoms with Crippen molar-refractivity contribution in [3.8, 4) is 0 Å². The van der Waals surface area contributed by atoms with Gasteiger partial charge in [-0.1, -0.05) is 25.4 Å². The summed E-state index contributed by atoms with van der Waals surface area (Å²) in [4.78, 5) is 5.04. The molecule has 2 aromatic rings. The fraction of sp³-hybridized carbons (Fsp3) is 0.467. The molecule has 0 spiro atoms. The van der Waals surface area contributed by atoms with Crippen molar-refractivity contribution in [1.82, 2.24) is 14.8 Å². The summed E-state index contributed by atoms with van der Waals surface area (Å²) in [7, 11) is 0. The second-order valence-corrected chi connectivity index (χ2v) is 7.48. The predicted molar refractivity (Wildman–Crippen MR) is 86.6 cm³/mol. The zero-order chi connectivity index (χ0) is 15.5. The highest BCUT2D eigenvalue weighted by Crippen LogP contribution is 2.36. The molecule has 0 aliphatic rings. The zero-order valence-corrected chi connectivity index (χ0v) is 14.0. The fourth-order valence-electron chi connectivity index (χ4n) is 1.84. The number of rotatable bonds is 6. The van der Waals surface area contributed by atoms with E-state index in [0.29, 0.717) is 12.3 Å². The van der Waals surface area contributed by atoms with Gasteiger partial charge in [0.05, 0.1) is 12.1 Å². The van der Waals surface area contributed by atoms with Gasteiger partial charge in [-0.3, -0.25) is 4.68 Å². The molecule has 21 heavy (non-hydrogen) atoms. The Morgan fingerprint density at radius 1 is 1.24 bits per heavy atom. The molecule has 0 saturated carbocycles. The van der Waals surface area contributed by atoms with Crippen LogP contribution in [0.2, 0.25) is 5.02 Å². The Hall–Kier alpha value is -1.04. The van der Waals surface area contributed by atoms with E-state index in [-0.39, 0.29) is 5.41 Å². The second kappa shape index (κ2) is 6.38. The maximum atomic E-state index is 10.8.